The molecule has 0 saturated heterocycles. The van der Waals surface area contributed by atoms with Crippen molar-refractivity contribution in [1.82, 2.24) is 5.43 Å². The van der Waals surface area contributed by atoms with Crippen molar-refractivity contribution >= 4 is 52.9 Å². The fraction of sp³-hybridized carbons (Fsp3) is 0.0968. The Morgan fingerprint density at radius 1 is 0.744 bits per heavy atom. The quantitative estimate of drug-likeness (QED) is 0.0927. The third kappa shape index (κ3) is 7.62. The van der Waals surface area contributed by atoms with Gasteiger partial charge >= 0.3 is 5.97 Å². The molecule has 4 aromatic rings. The molecule has 0 spiro atoms. The minimum Gasteiger partial charge on any atom is -0.493 e. The Hall–Kier alpha value is -5.06. The summed E-state index contributed by atoms with van der Waals surface area (Å²) in [5.41, 5.74) is 3.85. The maximum atomic E-state index is 13.0. The van der Waals surface area contributed by atoms with Crippen LogP contribution in [0, 0.1) is 0 Å². The third-order valence-corrected chi connectivity index (χ3v) is 6.50. The Balaban J connectivity index is 1.44. The second kappa shape index (κ2) is 14.2. The van der Waals surface area contributed by atoms with Crippen LogP contribution in [0.5, 0.6) is 23.0 Å². The molecular formula is C31H25Cl2N3O7. The fourth-order valence-corrected chi connectivity index (χ4v) is 4.37. The highest BCUT2D eigenvalue weighted by atomic mass is 35.5. The zero-order valence-electron chi connectivity index (χ0n) is 23.1. The normalized spacial score (nSPS) is 10.6. The van der Waals surface area contributed by atoms with Crippen molar-refractivity contribution < 1.29 is 33.3 Å². The summed E-state index contributed by atoms with van der Waals surface area (Å²) in [6, 6.07) is 20.4. The molecule has 2 N–H and O–H groups in total. The maximum Gasteiger partial charge on any atom is 0.343 e. The number of esters is 1. The number of ether oxygens (including phenoxy) is 4. The van der Waals surface area contributed by atoms with Crippen LogP contribution in [0.1, 0.15) is 36.6 Å². The van der Waals surface area contributed by atoms with Gasteiger partial charge in [0.1, 0.15) is 5.75 Å². The van der Waals surface area contributed by atoms with Crippen molar-refractivity contribution in [3.63, 3.8) is 0 Å². The minimum absolute atomic E-state index is 0.167. The van der Waals surface area contributed by atoms with Gasteiger partial charge in [0.25, 0.3) is 11.8 Å². The highest BCUT2D eigenvalue weighted by molar-refractivity contribution is 6.37. The molecule has 12 heteroatoms. The van der Waals surface area contributed by atoms with Gasteiger partial charge < -0.3 is 24.3 Å². The number of hydrogen-bond donors (Lipinski definition) is 2. The molecule has 0 aliphatic carbocycles. The molecule has 0 fully saturated rings. The highest BCUT2D eigenvalue weighted by Crippen LogP contribution is 2.38. The summed E-state index contributed by atoms with van der Waals surface area (Å²) in [4.78, 5) is 38.4. The lowest BCUT2D eigenvalue weighted by Gasteiger charge is -2.14. The standard InChI is InChI=1S/C31H25Cl2N3O7/c1-40-26-14-20(15-27(41-2)28(26)42-3)31(39)43-25-10-5-4-7-19(25)17-34-36-29(37)18-8-6-9-22(13-18)35-30(38)23-12-11-21(32)16-24(23)33/h4-17H,1-3H3,(H,35,38)(H,36,37). The second-order valence-corrected chi connectivity index (χ2v) is 9.54. The zero-order chi connectivity index (χ0) is 30.9. The van der Waals surface area contributed by atoms with Crippen molar-refractivity contribution in [3.8, 4) is 23.0 Å². The molecule has 4 aromatic carbocycles. The van der Waals surface area contributed by atoms with E-state index in [1.807, 2.05) is 0 Å². The van der Waals surface area contributed by atoms with E-state index >= 15 is 0 Å². The molecule has 0 aliphatic heterocycles. The number of rotatable bonds is 10. The van der Waals surface area contributed by atoms with Gasteiger partial charge in [0, 0.05) is 21.8 Å². The molecule has 0 bridgehead atoms. The van der Waals surface area contributed by atoms with E-state index in [0.717, 1.165) is 0 Å². The number of anilines is 1. The molecule has 4 rings (SSSR count). The summed E-state index contributed by atoms with van der Waals surface area (Å²) in [5.74, 6) is -0.553. The first-order valence-electron chi connectivity index (χ1n) is 12.5. The molecule has 0 aromatic heterocycles. The summed E-state index contributed by atoms with van der Waals surface area (Å²) in [6.07, 6.45) is 1.34. The minimum atomic E-state index is -0.678. The summed E-state index contributed by atoms with van der Waals surface area (Å²) >= 11 is 12.0. The Bertz CT molecular complexity index is 1680. The number of hydrogen-bond acceptors (Lipinski definition) is 8. The average molecular weight is 622 g/mol. The van der Waals surface area contributed by atoms with Crippen LogP contribution in [-0.2, 0) is 0 Å². The Kier molecular flexibility index (Phi) is 10.2. The maximum absolute atomic E-state index is 13.0. The van der Waals surface area contributed by atoms with Crippen LogP contribution in [0.3, 0.4) is 0 Å². The number of amides is 2. The van der Waals surface area contributed by atoms with Crippen molar-refractivity contribution in [2.75, 3.05) is 26.6 Å². The summed E-state index contributed by atoms with van der Waals surface area (Å²) in [6.45, 7) is 0. The van der Waals surface area contributed by atoms with Crippen LogP contribution in [0.2, 0.25) is 10.0 Å². The van der Waals surface area contributed by atoms with Crippen LogP contribution in [-0.4, -0.2) is 45.3 Å². The van der Waals surface area contributed by atoms with Crippen molar-refractivity contribution in [3.05, 3.63) is 111 Å². The van der Waals surface area contributed by atoms with E-state index in [2.05, 4.69) is 15.8 Å². The first-order chi connectivity index (χ1) is 20.7. The number of para-hydroxylation sites is 1. The Labute approximate surface area is 257 Å². The SMILES string of the molecule is COc1cc(C(=O)Oc2ccccc2C=NNC(=O)c2cccc(NC(=O)c3ccc(Cl)cc3Cl)c2)cc(OC)c1OC. The first kappa shape index (κ1) is 30.9. The molecule has 2 amide bonds. The van der Waals surface area contributed by atoms with Crippen molar-refractivity contribution in [2.24, 2.45) is 5.10 Å². The molecule has 0 radical (unpaired) electrons. The molecule has 43 heavy (non-hydrogen) atoms. The van der Waals surface area contributed by atoms with E-state index in [1.165, 1.54) is 57.9 Å². The monoisotopic (exact) mass is 621 g/mol. The largest absolute Gasteiger partial charge is 0.493 e. The number of halogens is 2. The number of hydrazone groups is 1. The van der Waals surface area contributed by atoms with Gasteiger partial charge in [-0.1, -0.05) is 41.4 Å². The van der Waals surface area contributed by atoms with Gasteiger partial charge in [-0.15, -0.1) is 0 Å². The van der Waals surface area contributed by atoms with Gasteiger partial charge in [0.05, 0.1) is 43.7 Å². The number of benzene rings is 4. The Morgan fingerprint density at radius 2 is 1.47 bits per heavy atom. The molecular weight excluding hydrogens is 597 g/mol. The van der Waals surface area contributed by atoms with Crippen LogP contribution in [0.15, 0.2) is 84.0 Å². The summed E-state index contributed by atoms with van der Waals surface area (Å²) in [5, 5.41) is 7.30. The fourth-order valence-electron chi connectivity index (χ4n) is 3.87. The second-order valence-electron chi connectivity index (χ2n) is 8.70. The number of carbonyl (C=O) groups excluding carboxylic acids is 3. The van der Waals surface area contributed by atoms with Gasteiger partial charge in [0.2, 0.25) is 5.75 Å². The predicted molar refractivity (Wildman–Crippen MR) is 163 cm³/mol. The predicted octanol–water partition coefficient (Wildman–Crippen LogP) is 6.25. The molecule has 0 aliphatic rings. The van der Waals surface area contributed by atoms with Crippen LogP contribution in [0.25, 0.3) is 0 Å². The molecule has 0 saturated carbocycles. The summed E-state index contributed by atoms with van der Waals surface area (Å²) in [7, 11) is 4.34. The van der Waals surface area contributed by atoms with E-state index in [1.54, 1.807) is 48.5 Å². The highest BCUT2D eigenvalue weighted by Gasteiger charge is 2.19. The van der Waals surface area contributed by atoms with E-state index in [0.29, 0.717) is 33.5 Å². The van der Waals surface area contributed by atoms with Crippen LogP contribution in [0.4, 0.5) is 5.69 Å². The molecule has 0 heterocycles. The average Bonchev–Trinajstić information content (AvgIpc) is 3.01. The molecule has 0 atom stereocenters. The lowest BCUT2D eigenvalue weighted by atomic mass is 10.1. The van der Waals surface area contributed by atoms with Gasteiger partial charge in [-0.25, -0.2) is 10.2 Å². The number of methoxy groups -OCH3 is 3. The molecule has 220 valence electrons. The van der Waals surface area contributed by atoms with Crippen molar-refractivity contribution in [1.29, 1.82) is 0 Å². The van der Waals surface area contributed by atoms with E-state index in [-0.39, 0.29) is 27.5 Å². The topological polar surface area (TPSA) is 125 Å². The van der Waals surface area contributed by atoms with Gasteiger partial charge in [-0.3, -0.25) is 9.59 Å². The number of carbonyl (C=O) groups is 3. The Morgan fingerprint density at radius 3 is 2.14 bits per heavy atom. The lowest BCUT2D eigenvalue weighted by molar-refractivity contribution is 0.0733. The van der Waals surface area contributed by atoms with E-state index in [4.69, 9.17) is 42.1 Å². The van der Waals surface area contributed by atoms with Gasteiger partial charge in [-0.05, 0) is 60.7 Å². The molecule has 10 nitrogen and oxygen atoms in total. The first-order valence-corrected chi connectivity index (χ1v) is 13.3. The van der Waals surface area contributed by atoms with E-state index < -0.39 is 17.8 Å². The van der Waals surface area contributed by atoms with Gasteiger partial charge in [-0.2, -0.15) is 5.10 Å². The van der Waals surface area contributed by atoms with Crippen molar-refractivity contribution in [2.45, 2.75) is 0 Å². The van der Waals surface area contributed by atoms with Crippen LogP contribution < -0.4 is 29.7 Å². The third-order valence-electron chi connectivity index (χ3n) is 5.95. The zero-order valence-corrected chi connectivity index (χ0v) is 24.7. The lowest BCUT2D eigenvalue weighted by Crippen LogP contribution is -2.18. The number of nitrogens with one attached hydrogen (secondary N) is 2. The molecule has 0 unspecified atom stereocenters. The van der Waals surface area contributed by atoms with Crippen LogP contribution >= 0.6 is 23.2 Å². The number of nitrogens with zero attached hydrogens (tertiary/aromatic N) is 1. The van der Waals surface area contributed by atoms with Gasteiger partial charge in [0.15, 0.2) is 11.5 Å². The smallest absolute Gasteiger partial charge is 0.343 e. The van der Waals surface area contributed by atoms with E-state index in [9.17, 15) is 14.4 Å². The summed E-state index contributed by atoms with van der Waals surface area (Å²) < 4.78 is 21.5.